The van der Waals surface area contributed by atoms with Gasteiger partial charge in [-0.15, -0.1) is 0 Å². The largest absolute Gasteiger partial charge is 0.304 e. The Hall–Kier alpha value is -3.25. The van der Waals surface area contributed by atoms with Crippen LogP contribution in [0.15, 0.2) is 77.3 Å². The summed E-state index contributed by atoms with van der Waals surface area (Å²) >= 11 is 3.57. The van der Waals surface area contributed by atoms with Crippen LogP contribution in [0.25, 0.3) is 27.6 Å². The minimum absolute atomic E-state index is 0.0515. The van der Waals surface area contributed by atoms with E-state index in [2.05, 4.69) is 20.3 Å². The first-order valence-electron chi connectivity index (χ1n) is 9.31. The molecule has 0 spiro atoms. The molecule has 0 unspecified atom stereocenters. The van der Waals surface area contributed by atoms with Crippen molar-refractivity contribution in [3.63, 3.8) is 0 Å². The van der Waals surface area contributed by atoms with E-state index in [9.17, 15) is 4.79 Å². The second-order valence-electron chi connectivity index (χ2n) is 6.86. The first kappa shape index (κ1) is 17.8. The quantitative estimate of drug-likeness (QED) is 0.376. The molecule has 0 radical (unpaired) electrons. The van der Waals surface area contributed by atoms with Crippen LogP contribution in [0.1, 0.15) is 12.7 Å². The molecule has 0 aliphatic heterocycles. The lowest BCUT2D eigenvalue weighted by Gasteiger charge is -2.23. The molecule has 0 atom stereocenters. The molecule has 5 rings (SSSR count). The van der Waals surface area contributed by atoms with Crippen LogP contribution in [0, 0.1) is 0 Å². The van der Waals surface area contributed by atoms with E-state index < -0.39 is 0 Å². The fourth-order valence-electron chi connectivity index (χ4n) is 3.70. The van der Waals surface area contributed by atoms with Gasteiger partial charge in [0.25, 0.3) is 0 Å². The predicted octanol–water partition coefficient (Wildman–Crippen LogP) is 5.35. The first-order valence-corrected chi connectivity index (χ1v) is 10.1. The van der Waals surface area contributed by atoms with Gasteiger partial charge in [0.05, 0.1) is 28.8 Å². The molecule has 2 aromatic heterocycles. The number of hydrogen-bond donors (Lipinski definition) is 0. The van der Waals surface area contributed by atoms with Gasteiger partial charge in [-0.05, 0) is 52.3 Å². The third kappa shape index (κ3) is 2.96. The van der Waals surface area contributed by atoms with Gasteiger partial charge in [0.1, 0.15) is 11.5 Å². The first-order chi connectivity index (χ1) is 14.1. The highest BCUT2D eigenvalue weighted by Crippen LogP contribution is 2.29. The summed E-state index contributed by atoms with van der Waals surface area (Å²) in [7, 11) is 0. The lowest BCUT2D eigenvalue weighted by Crippen LogP contribution is -2.29. The van der Waals surface area contributed by atoms with Gasteiger partial charge < -0.3 is 4.90 Å². The average molecular weight is 445 g/mol. The Labute approximate surface area is 175 Å². The van der Waals surface area contributed by atoms with Crippen molar-refractivity contribution in [2.24, 2.45) is 0 Å². The summed E-state index contributed by atoms with van der Waals surface area (Å²) in [5.41, 5.74) is 4.41. The number of benzene rings is 3. The summed E-state index contributed by atoms with van der Waals surface area (Å²) in [5.74, 6) is 0.711. The van der Waals surface area contributed by atoms with E-state index in [1.165, 1.54) is 0 Å². The van der Waals surface area contributed by atoms with E-state index in [0.29, 0.717) is 6.54 Å². The molecule has 29 heavy (non-hydrogen) atoms. The van der Waals surface area contributed by atoms with E-state index >= 15 is 0 Å². The third-order valence-electron chi connectivity index (χ3n) is 5.04. The van der Waals surface area contributed by atoms with E-state index in [-0.39, 0.29) is 5.91 Å². The maximum atomic E-state index is 12.6. The number of amides is 1. The Morgan fingerprint density at radius 2 is 1.62 bits per heavy atom. The average Bonchev–Trinajstić information content (AvgIpc) is 3.12. The summed E-state index contributed by atoms with van der Waals surface area (Å²) in [6.45, 7) is 1.91. The zero-order chi connectivity index (χ0) is 20.0. The van der Waals surface area contributed by atoms with Crippen molar-refractivity contribution in [3.8, 4) is 0 Å². The summed E-state index contributed by atoms with van der Waals surface area (Å²) < 4.78 is 2.92. The van der Waals surface area contributed by atoms with Gasteiger partial charge in [-0.3, -0.25) is 9.20 Å². The van der Waals surface area contributed by atoms with Crippen LogP contribution < -0.4 is 4.90 Å². The zero-order valence-corrected chi connectivity index (χ0v) is 17.3. The Balaban J connectivity index is 1.79. The van der Waals surface area contributed by atoms with Crippen LogP contribution >= 0.6 is 15.9 Å². The summed E-state index contributed by atoms with van der Waals surface area (Å²) in [4.78, 5) is 24.1. The molecule has 0 bridgehead atoms. The molecule has 1 amide bonds. The van der Waals surface area contributed by atoms with Crippen LogP contribution in [0.5, 0.6) is 0 Å². The molecule has 0 saturated heterocycles. The molecule has 0 N–H and O–H groups in total. The monoisotopic (exact) mass is 444 g/mol. The van der Waals surface area contributed by atoms with Gasteiger partial charge in [0.15, 0.2) is 0 Å². The Kier molecular flexibility index (Phi) is 4.28. The molecule has 2 heterocycles. The highest BCUT2D eigenvalue weighted by atomic mass is 79.9. The van der Waals surface area contributed by atoms with E-state index in [4.69, 9.17) is 9.97 Å². The number of rotatable bonds is 3. The van der Waals surface area contributed by atoms with Gasteiger partial charge in [0, 0.05) is 16.8 Å². The molecule has 0 fully saturated rings. The number of carbonyl (C=O) groups excluding carboxylic acids is 1. The third-order valence-corrected chi connectivity index (χ3v) is 5.71. The van der Waals surface area contributed by atoms with Crippen LogP contribution in [0.4, 0.5) is 5.69 Å². The van der Waals surface area contributed by atoms with Crippen LogP contribution in [-0.4, -0.2) is 20.3 Å². The van der Waals surface area contributed by atoms with E-state index in [1.54, 1.807) is 11.8 Å². The smallest absolute Gasteiger partial charge is 0.224 e. The molecular formula is C23H17BrN4O. The van der Waals surface area contributed by atoms with Crippen LogP contribution in [-0.2, 0) is 11.3 Å². The summed E-state index contributed by atoms with van der Waals surface area (Å²) in [6, 6.07) is 23.7. The highest BCUT2D eigenvalue weighted by molar-refractivity contribution is 9.10. The maximum absolute atomic E-state index is 12.6. The number of hydrogen-bond acceptors (Lipinski definition) is 3. The second-order valence-corrected chi connectivity index (χ2v) is 7.72. The SMILES string of the molecule is CC(=O)N(Cc1nc2ccccc2c2nc3ccccc3n12)c1ccccc1Br. The van der Waals surface area contributed by atoms with Crippen molar-refractivity contribution in [2.45, 2.75) is 13.5 Å². The van der Waals surface area contributed by atoms with Crippen molar-refractivity contribution < 1.29 is 4.79 Å². The molecule has 0 aliphatic rings. The number of halogens is 1. The maximum Gasteiger partial charge on any atom is 0.224 e. The normalized spacial score (nSPS) is 11.4. The van der Waals surface area contributed by atoms with E-state index in [1.807, 2.05) is 72.8 Å². The molecule has 142 valence electrons. The van der Waals surface area contributed by atoms with Gasteiger partial charge >= 0.3 is 0 Å². The Morgan fingerprint density at radius 1 is 0.931 bits per heavy atom. The molecular weight excluding hydrogens is 428 g/mol. The van der Waals surface area contributed by atoms with Crippen molar-refractivity contribution in [2.75, 3.05) is 4.90 Å². The zero-order valence-electron chi connectivity index (χ0n) is 15.7. The number of carbonyl (C=O) groups is 1. The topological polar surface area (TPSA) is 50.5 Å². The Bertz CT molecular complexity index is 1390. The Morgan fingerprint density at radius 3 is 2.41 bits per heavy atom. The fraction of sp³-hybridized carbons (Fsp3) is 0.0870. The highest BCUT2D eigenvalue weighted by Gasteiger charge is 2.20. The fourth-order valence-corrected chi connectivity index (χ4v) is 4.20. The van der Waals surface area contributed by atoms with Crippen molar-refractivity contribution >= 4 is 55.1 Å². The lowest BCUT2D eigenvalue weighted by molar-refractivity contribution is -0.116. The van der Waals surface area contributed by atoms with Gasteiger partial charge in [-0.25, -0.2) is 9.97 Å². The minimum Gasteiger partial charge on any atom is -0.304 e. The molecule has 3 aromatic carbocycles. The van der Waals surface area contributed by atoms with Gasteiger partial charge in [-0.1, -0.05) is 36.4 Å². The molecule has 6 heteroatoms. The van der Waals surface area contributed by atoms with Crippen molar-refractivity contribution in [3.05, 3.63) is 83.1 Å². The standard InChI is InChI=1S/C23H17BrN4O/c1-15(29)27(20-12-6-3-9-17(20)24)14-22-25-18-10-4-2-8-16(18)23-26-19-11-5-7-13-21(19)28(22)23/h2-13H,14H2,1H3. The van der Waals surface area contributed by atoms with Gasteiger partial charge in [0.2, 0.25) is 5.91 Å². The number of fused-ring (bicyclic) bond motifs is 5. The van der Waals surface area contributed by atoms with Gasteiger partial charge in [-0.2, -0.15) is 0 Å². The van der Waals surface area contributed by atoms with E-state index in [0.717, 1.165) is 43.6 Å². The molecule has 0 saturated carbocycles. The number of nitrogens with zero attached hydrogens (tertiary/aromatic N) is 4. The number of aromatic nitrogens is 3. The number of imidazole rings is 1. The summed E-state index contributed by atoms with van der Waals surface area (Å²) in [6.07, 6.45) is 0. The van der Waals surface area contributed by atoms with Crippen LogP contribution in [0.2, 0.25) is 0 Å². The van der Waals surface area contributed by atoms with Crippen molar-refractivity contribution in [1.82, 2.24) is 14.4 Å². The number of anilines is 1. The van der Waals surface area contributed by atoms with Crippen LogP contribution in [0.3, 0.4) is 0 Å². The lowest BCUT2D eigenvalue weighted by atomic mass is 10.2. The second kappa shape index (κ2) is 6.97. The predicted molar refractivity (Wildman–Crippen MR) is 119 cm³/mol. The summed E-state index contributed by atoms with van der Waals surface area (Å²) in [5, 5.41) is 0.989. The van der Waals surface area contributed by atoms with Crippen molar-refractivity contribution in [1.29, 1.82) is 0 Å². The molecule has 5 aromatic rings. The molecule has 0 aliphatic carbocycles. The number of para-hydroxylation sites is 4. The molecule has 5 nitrogen and oxygen atoms in total. The minimum atomic E-state index is -0.0515.